The summed E-state index contributed by atoms with van der Waals surface area (Å²) in [6.45, 7) is 9.03. The van der Waals surface area contributed by atoms with Crippen LogP contribution in [-0.2, 0) is 6.54 Å². The van der Waals surface area contributed by atoms with Crippen LogP contribution in [-0.4, -0.2) is 70.6 Å². The fraction of sp³-hybridized carbons (Fsp3) is 0.579. The highest BCUT2D eigenvalue weighted by Crippen LogP contribution is 2.20. The van der Waals surface area contributed by atoms with E-state index in [1.807, 2.05) is 24.7 Å². The average molecular weight is 340 g/mol. The molecule has 0 amide bonds. The predicted octanol–water partition coefficient (Wildman–Crippen LogP) is 1.84. The second-order valence-electron chi connectivity index (χ2n) is 7.25. The van der Waals surface area contributed by atoms with Crippen molar-refractivity contribution in [3.05, 3.63) is 42.6 Å². The number of likely N-dealkylation sites (tertiary alicyclic amines) is 1. The van der Waals surface area contributed by atoms with Gasteiger partial charge in [-0.15, -0.1) is 0 Å². The number of pyridine rings is 1. The van der Waals surface area contributed by atoms with Gasteiger partial charge in [-0.05, 0) is 37.4 Å². The Morgan fingerprint density at radius 2 is 1.92 bits per heavy atom. The summed E-state index contributed by atoms with van der Waals surface area (Å²) < 4.78 is 0. The van der Waals surface area contributed by atoms with E-state index in [1.165, 1.54) is 32.5 Å². The lowest BCUT2D eigenvalue weighted by molar-refractivity contribution is 0.123. The first kappa shape index (κ1) is 16.5. The highest BCUT2D eigenvalue weighted by Gasteiger charge is 2.25. The van der Waals surface area contributed by atoms with Crippen LogP contribution in [0.2, 0.25) is 0 Å². The van der Waals surface area contributed by atoms with Crippen LogP contribution in [0.25, 0.3) is 0 Å². The third kappa shape index (κ3) is 4.38. The number of H-pyrrole nitrogens is 1. The van der Waals surface area contributed by atoms with Crippen LogP contribution in [0.3, 0.4) is 0 Å². The maximum absolute atomic E-state index is 4.48. The van der Waals surface area contributed by atoms with Crippen LogP contribution in [0.4, 0.5) is 5.82 Å². The molecule has 134 valence electrons. The number of hydrogen-bond acceptors (Lipinski definition) is 5. The minimum Gasteiger partial charge on any atom is -0.354 e. The molecule has 2 aliphatic heterocycles. The van der Waals surface area contributed by atoms with Crippen LogP contribution < -0.4 is 4.90 Å². The lowest BCUT2D eigenvalue weighted by atomic mass is 9.97. The van der Waals surface area contributed by atoms with E-state index in [4.69, 9.17) is 0 Å². The highest BCUT2D eigenvalue weighted by atomic mass is 15.3. The van der Waals surface area contributed by atoms with Gasteiger partial charge in [-0.3, -0.25) is 9.80 Å². The average Bonchev–Trinajstić information content (AvgIpc) is 3.16. The normalized spacial score (nSPS) is 23.0. The number of anilines is 1. The van der Waals surface area contributed by atoms with E-state index in [2.05, 4.69) is 41.8 Å². The Balaban J connectivity index is 1.24. The molecule has 0 radical (unpaired) electrons. The first-order valence-corrected chi connectivity index (χ1v) is 9.46. The van der Waals surface area contributed by atoms with E-state index in [-0.39, 0.29) is 0 Å². The zero-order chi connectivity index (χ0) is 16.9. The van der Waals surface area contributed by atoms with Crippen molar-refractivity contribution < 1.29 is 0 Å². The van der Waals surface area contributed by atoms with Gasteiger partial charge in [-0.2, -0.15) is 0 Å². The van der Waals surface area contributed by atoms with Crippen molar-refractivity contribution in [1.82, 2.24) is 24.8 Å². The maximum atomic E-state index is 4.48. The molecule has 0 aliphatic carbocycles. The third-order valence-electron chi connectivity index (χ3n) is 5.39. The number of aromatic amines is 1. The van der Waals surface area contributed by atoms with Gasteiger partial charge in [0.15, 0.2) is 0 Å². The summed E-state index contributed by atoms with van der Waals surface area (Å²) in [4.78, 5) is 19.7. The summed E-state index contributed by atoms with van der Waals surface area (Å²) in [6, 6.07) is 6.17. The molecule has 6 heteroatoms. The molecule has 4 heterocycles. The SMILES string of the molecule is c1ccc(N2CCN(CC3CCCN(Cc4ncc[nH]4)C3)CC2)nc1. The second-order valence-corrected chi connectivity index (χ2v) is 7.25. The predicted molar refractivity (Wildman–Crippen MR) is 99.5 cm³/mol. The summed E-state index contributed by atoms with van der Waals surface area (Å²) in [7, 11) is 0. The molecular formula is C19H28N6. The smallest absolute Gasteiger partial charge is 0.128 e. The lowest BCUT2D eigenvalue weighted by Crippen LogP contribution is -2.49. The molecule has 1 atom stereocenters. The number of nitrogens with zero attached hydrogens (tertiary/aromatic N) is 5. The molecule has 4 rings (SSSR count). The summed E-state index contributed by atoms with van der Waals surface area (Å²) in [6.07, 6.45) is 8.31. The first-order valence-electron chi connectivity index (χ1n) is 9.46. The minimum atomic E-state index is 0.783. The molecule has 2 aromatic rings. The van der Waals surface area contributed by atoms with Gasteiger partial charge in [0, 0.05) is 57.9 Å². The molecule has 2 fully saturated rings. The molecule has 1 unspecified atom stereocenters. The molecular weight excluding hydrogens is 312 g/mol. The third-order valence-corrected chi connectivity index (χ3v) is 5.39. The van der Waals surface area contributed by atoms with E-state index >= 15 is 0 Å². The zero-order valence-electron chi connectivity index (χ0n) is 14.8. The van der Waals surface area contributed by atoms with Gasteiger partial charge < -0.3 is 9.88 Å². The standard InChI is InChI=1S/C19H28N6/c1-2-6-22-19(5-1)25-12-10-23(11-13-25)14-17-4-3-9-24(15-17)16-18-20-7-8-21-18/h1-2,5-8,17H,3-4,9-16H2,(H,20,21). The molecule has 0 aromatic carbocycles. The van der Waals surface area contributed by atoms with Gasteiger partial charge in [0.25, 0.3) is 0 Å². The second kappa shape index (κ2) is 7.97. The van der Waals surface area contributed by atoms with Crippen LogP contribution in [0.15, 0.2) is 36.8 Å². The number of nitrogens with one attached hydrogen (secondary N) is 1. The summed E-state index contributed by atoms with van der Waals surface area (Å²) in [5.41, 5.74) is 0. The molecule has 2 aromatic heterocycles. The van der Waals surface area contributed by atoms with E-state index in [0.717, 1.165) is 50.3 Å². The molecule has 6 nitrogen and oxygen atoms in total. The van der Waals surface area contributed by atoms with Gasteiger partial charge in [0.2, 0.25) is 0 Å². The van der Waals surface area contributed by atoms with Gasteiger partial charge >= 0.3 is 0 Å². The van der Waals surface area contributed by atoms with E-state index in [0.29, 0.717) is 0 Å². The molecule has 2 saturated heterocycles. The van der Waals surface area contributed by atoms with Gasteiger partial charge in [0.1, 0.15) is 11.6 Å². The Kier molecular flexibility index (Phi) is 5.28. The van der Waals surface area contributed by atoms with Crippen molar-refractivity contribution >= 4 is 5.82 Å². The Hall–Kier alpha value is -1.92. The number of rotatable bonds is 5. The highest BCUT2D eigenvalue weighted by molar-refractivity contribution is 5.38. The summed E-state index contributed by atoms with van der Waals surface area (Å²) in [5.74, 6) is 2.99. The topological polar surface area (TPSA) is 51.3 Å². The quantitative estimate of drug-likeness (QED) is 0.900. The molecule has 0 saturated carbocycles. The Morgan fingerprint density at radius 1 is 1.00 bits per heavy atom. The van der Waals surface area contributed by atoms with E-state index in [9.17, 15) is 0 Å². The largest absolute Gasteiger partial charge is 0.354 e. The van der Waals surface area contributed by atoms with Crippen molar-refractivity contribution in [2.24, 2.45) is 5.92 Å². The Labute approximate surface area is 149 Å². The fourth-order valence-electron chi connectivity index (χ4n) is 4.11. The maximum Gasteiger partial charge on any atom is 0.128 e. The van der Waals surface area contributed by atoms with E-state index < -0.39 is 0 Å². The molecule has 2 aliphatic rings. The number of piperazine rings is 1. The van der Waals surface area contributed by atoms with Gasteiger partial charge in [-0.1, -0.05) is 6.07 Å². The monoisotopic (exact) mass is 340 g/mol. The van der Waals surface area contributed by atoms with Crippen LogP contribution >= 0.6 is 0 Å². The molecule has 25 heavy (non-hydrogen) atoms. The summed E-state index contributed by atoms with van der Waals surface area (Å²) in [5, 5.41) is 0. The van der Waals surface area contributed by atoms with Crippen LogP contribution in [0.1, 0.15) is 18.7 Å². The van der Waals surface area contributed by atoms with Crippen molar-refractivity contribution in [3.63, 3.8) is 0 Å². The van der Waals surface area contributed by atoms with Gasteiger partial charge in [0.05, 0.1) is 6.54 Å². The number of imidazole rings is 1. The molecule has 0 spiro atoms. The zero-order valence-corrected chi connectivity index (χ0v) is 14.8. The van der Waals surface area contributed by atoms with Crippen molar-refractivity contribution in [2.45, 2.75) is 19.4 Å². The molecule has 0 bridgehead atoms. The van der Waals surface area contributed by atoms with E-state index in [1.54, 1.807) is 0 Å². The number of aromatic nitrogens is 3. The lowest BCUT2D eigenvalue weighted by Gasteiger charge is -2.39. The number of piperidine rings is 1. The Bertz CT molecular complexity index is 621. The van der Waals surface area contributed by atoms with Gasteiger partial charge in [-0.25, -0.2) is 9.97 Å². The Morgan fingerprint density at radius 3 is 2.68 bits per heavy atom. The van der Waals surface area contributed by atoms with Crippen molar-refractivity contribution in [1.29, 1.82) is 0 Å². The van der Waals surface area contributed by atoms with Crippen LogP contribution in [0.5, 0.6) is 0 Å². The molecule has 1 N–H and O–H groups in total. The van der Waals surface area contributed by atoms with Crippen LogP contribution in [0, 0.1) is 5.92 Å². The minimum absolute atomic E-state index is 0.783. The first-order chi connectivity index (χ1) is 12.4. The van der Waals surface area contributed by atoms with Crippen molar-refractivity contribution in [2.75, 3.05) is 50.7 Å². The summed E-state index contributed by atoms with van der Waals surface area (Å²) >= 11 is 0. The number of hydrogen-bond donors (Lipinski definition) is 1. The van der Waals surface area contributed by atoms with Crippen molar-refractivity contribution in [3.8, 4) is 0 Å². The fourth-order valence-corrected chi connectivity index (χ4v) is 4.11.